The van der Waals surface area contributed by atoms with Crippen molar-refractivity contribution >= 4 is 15.9 Å². The monoisotopic (exact) mass is 275 g/mol. The highest BCUT2D eigenvalue weighted by molar-refractivity contribution is 7.90. The second-order valence-corrected chi connectivity index (χ2v) is 6.29. The molecule has 0 N–H and O–H groups in total. The third kappa shape index (κ3) is 2.10. The molecule has 2 aliphatic rings. The highest BCUT2D eigenvalue weighted by Crippen LogP contribution is 2.34. The van der Waals surface area contributed by atoms with E-state index >= 15 is 0 Å². The third-order valence-electron chi connectivity index (χ3n) is 3.34. The lowest BCUT2D eigenvalue weighted by Crippen LogP contribution is -2.33. The Labute approximate surface area is 112 Å². The van der Waals surface area contributed by atoms with Crippen molar-refractivity contribution in [3.05, 3.63) is 29.8 Å². The number of benzene rings is 1. The van der Waals surface area contributed by atoms with E-state index in [9.17, 15) is 8.42 Å². The van der Waals surface area contributed by atoms with E-state index in [1.165, 1.54) is 0 Å². The van der Waals surface area contributed by atoms with Gasteiger partial charge in [-0.1, -0.05) is 12.1 Å². The van der Waals surface area contributed by atoms with Crippen LogP contribution in [0.5, 0.6) is 0 Å². The number of rotatable bonds is 3. The van der Waals surface area contributed by atoms with E-state index in [1.54, 1.807) is 18.2 Å². The molecule has 0 amide bonds. The molecule has 98 valence electrons. The number of sulfonamides is 1. The van der Waals surface area contributed by atoms with Gasteiger partial charge in [0.25, 0.3) is 10.0 Å². The average molecular weight is 275 g/mol. The largest absolute Gasteiger partial charge is 0.351 e. The molecule has 1 aromatic rings. The number of nitrogens with zero attached hydrogens (tertiary/aromatic N) is 3. The molecule has 0 radical (unpaired) electrons. The molecule has 1 heterocycles. The van der Waals surface area contributed by atoms with Gasteiger partial charge in [0.1, 0.15) is 4.90 Å². The Morgan fingerprint density at radius 2 is 2.11 bits per heavy atom. The Bertz CT molecular complexity index is 684. The van der Waals surface area contributed by atoms with E-state index in [1.807, 2.05) is 11.0 Å². The van der Waals surface area contributed by atoms with Crippen LogP contribution in [0, 0.1) is 11.3 Å². The molecule has 0 saturated heterocycles. The van der Waals surface area contributed by atoms with Crippen molar-refractivity contribution < 1.29 is 8.42 Å². The summed E-state index contributed by atoms with van der Waals surface area (Å²) in [5, 5.41) is 8.72. The van der Waals surface area contributed by atoms with Crippen molar-refractivity contribution in [3.63, 3.8) is 0 Å². The number of hydrogen-bond acceptors (Lipinski definition) is 4. The van der Waals surface area contributed by atoms with Gasteiger partial charge in [0, 0.05) is 18.2 Å². The molecule has 0 spiro atoms. The maximum Gasteiger partial charge on any atom is 0.285 e. The standard InChI is InChI=1S/C13H13N3O2S/c14-8-3-9-16(10-6-7-10)13-11-4-1-2-5-12(11)19(17,18)15-13/h1-2,4-5,10H,3,6-7,9H2. The van der Waals surface area contributed by atoms with Crippen molar-refractivity contribution in [2.24, 2.45) is 4.40 Å². The van der Waals surface area contributed by atoms with Gasteiger partial charge in [0.05, 0.1) is 12.5 Å². The van der Waals surface area contributed by atoms with Crippen LogP contribution in [0.1, 0.15) is 24.8 Å². The fourth-order valence-electron chi connectivity index (χ4n) is 2.31. The number of amidine groups is 1. The van der Waals surface area contributed by atoms with E-state index in [2.05, 4.69) is 10.5 Å². The molecule has 0 unspecified atom stereocenters. The van der Waals surface area contributed by atoms with Crippen LogP contribution >= 0.6 is 0 Å². The zero-order valence-corrected chi connectivity index (χ0v) is 11.1. The summed E-state index contributed by atoms with van der Waals surface area (Å²) in [6.45, 7) is 0.532. The number of nitriles is 1. The smallest absolute Gasteiger partial charge is 0.285 e. The zero-order chi connectivity index (χ0) is 13.5. The van der Waals surface area contributed by atoms with E-state index < -0.39 is 10.0 Å². The van der Waals surface area contributed by atoms with Crippen LogP contribution in [0.25, 0.3) is 0 Å². The summed E-state index contributed by atoms with van der Waals surface area (Å²) in [6.07, 6.45) is 2.44. The van der Waals surface area contributed by atoms with Crippen LogP contribution in [0.4, 0.5) is 0 Å². The second kappa shape index (κ2) is 4.35. The van der Waals surface area contributed by atoms with E-state index in [4.69, 9.17) is 5.26 Å². The predicted molar refractivity (Wildman–Crippen MR) is 70.1 cm³/mol. The van der Waals surface area contributed by atoms with Crippen molar-refractivity contribution in [3.8, 4) is 6.07 Å². The van der Waals surface area contributed by atoms with E-state index in [-0.39, 0.29) is 4.90 Å². The topological polar surface area (TPSA) is 73.5 Å². The molecular weight excluding hydrogens is 262 g/mol. The quantitative estimate of drug-likeness (QED) is 0.838. The average Bonchev–Trinajstić information content (AvgIpc) is 3.18. The first-order chi connectivity index (χ1) is 9.13. The summed E-state index contributed by atoms with van der Waals surface area (Å²) in [5.41, 5.74) is 0.660. The molecule has 1 aromatic carbocycles. The van der Waals surface area contributed by atoms with Gasteiger partial charge < -0.3 is 4.90 Å². The highest BCUT2D eigenvalue weighted by Gasteiger charge is 2.37. The Morgan fingerprint density at radius 3 is 2.79 bits per heavy atom. The minimum atomic E-state index is -3.57. The van der Waals surface area contributed by atoms with E-state index in [0.717, 1.165) is 12.8 Å². The van der Waals surface area contributed by atoms with Crippen LogP contribution in [0.2, 0.25) is 0 Å². The molecule has 1 aliphatic carbocycles. The van der Waals surface area contributed by atoms with Crippen LogP contribution in [0.15, 0.2) is 33.6 Å². The van der Waals surface area contributed by atoms with Gasteiger partial charge in [-0.25, -0.2) is 0 Å². The molecule has 19 heavy (non-hydrogen) atoms. The molecule has 3 rings (SSSR count). The molecule has 0 bridgehead atoms. The van der Waals surface area contributed by atoms with Crippen LogP contribution in [-0.2, 0) is 10.0 Å². The summed E-state index contributed by atoms with van der Waals surface area (Å²) in [6, 6.07) is 9.30. The molecule has 6 heteroatoms. The fraction of sp³-hybridized carbons (Fsp3) is 0.385. The van der Waals surface area contributed by atoms with Crippen molar-refractivity contribution in [1.29, 1.82) is 5.26 Å². The third-order valence-corrected chi connectivity index (χ3v) is 4.66. The SMILES string of the molecule is N#CCCN(C1=NS(=O)(=O)c2ccccc21)C1CC1. The molecule has 1 aliphatic heterocycles. The van der Waals surface area contributed by atoms with Crippen LogP contribution in [-0.4, -0.2) is 31.7 Å². The van der Waals surface area contributed by atoms with Gasteiger partial charge in [0.2, 0.25) is 0 Å². The number of fused-ring (bicyclic) bond motifs is 1. The lowest BCUT2D eigenvalue weighted by atomic mass is 10.2. The highest BCUT2D eigenvalue weighted by atomic mass is 32.2. The normalized spacial score (nSPS) is 19.4. The van der Waals surface area contributed by atoms with Crippen LogP contribution in [0.3, 0.4) is 0 Å². The number of hydrogen-bond donors (Lipinski definition) is 0. The van der Waals surface area contributed by atoms with Gasteiger partial charge >= 0.3 is 0 Å². The molecule has 1 fully saturated rings. The van der Waals surface area contributed by atoms with Gasteiger partial charge in [0.15, 0.2) is 5.84 Å². The zero-order valence-electron chi connectivity index (χ0n) is 10.3. The molecule has 1 saturated carbocycles. The fourth-order valence-corrected chi connectivity index (χ4v) is 3.53. The van der Waals surface area contributed by atoms with Crippen molar-refractivity contribution in [2.45, 2.75) is 30.2 Å². The molecule has 0 aromatic heterocycles. The Morgan fingerprint density at radius 1 is 1.37 bits per heavy atom. The van der Waals surface area contributed by atoms with Gasteiger partial charge in [-0.3, -0.25) is 0 Å². The Kier molecular flexibility index (Phi) is 2.79. The second-order valence-electron chi connectivity index (χ2n) is 4.72. The van der Waals surface area contributed by atoms with Gasteiger partial charge in [-0.2, -0.15) is 13.7 Å². The molecule has 5 nitrogen and oxygen atoms in total. The maximum atomic E-state index is 12.0. The minimum absolute atomic E-state index is 0.271. The first-order valence-electron chi connectivity index (χ1n) is 6.21. The predicted octanol–water partition coefficient (Wildman–Crippen LogP) is 1.51. The van der Waals surface area contributed by atoms with Crippen molar-refractivity contribution in [2.75, 3.05) is 6.54 Å². The van der Waals surface area contributed by atoms with Gasteiger partial charge in [-0.05, 0) is 25.0 Å². The summed E-state index contributed by atoms with van der Waals surface area (Å²) < 4.78 is 27.9. The first-order valence-corrected chi connectivity index (χ1v) is 7.65. The summed E-state index contributed by atoms with van der Waals surface area (Å²) in [4.78, 5) is 2.24. The molecular formula is C13H13N3O2S. The Balaban J connectivity index is 2.03. The minimum Gasteiger partial charge on any atom is -0.351 e. The lowest BCUT2D eigenvalue weighted by Gasteiger charge is -2.22. The van der Waals surface area contributed by atoms with Gasteiger partial charge in [-0.15, -0.1) is 4.40 Å². The first kappa shape index (κ1) is 12.2. The summed E-state index contributed by atoms with van der Waals surface area (Å²) >= 11 is 0. The summed E-state index contributed by atoms with van der Waals surface area (Å²) in [7, 11) is -3.57. The van der Waals surface area contributed by atoms with Crippen LogP contribution < -0.4 is 0 Å². The summed E-state index contributed by atoms with van der Waals surface area (Å²) in [5.74, 6) is 0.508. The Hall–Kier alpha value is -1.87. The maximum absolute atomic E-state index is 12.0. The van der Waals surface area contributed by atoms with E-state index in [0.29, 0.717) is 30.4 Å². The lowest BCUT2D eigenvalue weighted by molar-refractivity contribution is 0.420. The molecule has 0 atom stereocenters. The van der Waals surface area contributed by atoms with Crippen molar-refractivity contribution in [1.82, 2.24) is 4.90 Å².